The zero-order valence-corrected chi connectivity index (χ0v) is 10.3. The Morgan fingerprint density at radius 1 is 1.33 bits per heavy atom. The lowest BCUT2D eigenvalue weighted by atomic mass is 10.3. The standard InChI is InChI=1S/C13H14N4O/c1-3-9-7-11(17(2)16-9)13-15-10-5-4-8(14)6-12(10)18-13/h4-7H,3,14H2,1-2H3. The van der Waals surface area contributed by atoms with Crippen LogP contribution in [0.15, 0.2) is 28.7 Å². The van der Waals surface area contributed by atoms with Crippen LogP contribution >= 0.6 is 0 Å². The zero-order valence-electron chi connectivity index (χ0n) is 10.3. The summed E-state index contributed by atoms with van der Waals surface area (Å²) < 4.78 is 7.51. The first-order chi connectivity index (χ1) is 8.67. The van der Waals surface area contributed by atoms with Crippen molar-refractivity contribution in [2.75, 3.05) is 5.73 Å². The number of anilines is 1. The van der Waals surface area contributed by atoms with Gasteiger partial charge < -0.3 is 10.2 Å². The monoisotopic (exact) mass is 242 g/mol. The van der Waals surface area contributed by atoms with Crippen molar-refractivity contribution in [3.63, 3.8) is 0 Å². The molecule has 0 aliphatic heterocycles. The Balaban J connectivity index is 2.15. The fourth-order valence-corrected chi connectivity index (χ4v) is 1.95. The molecule has 0 amide bonds. The molecule has 1 aromatic carbocycles. The van der Waals surface area contributed by atoms with Gasteiger partial charge in [-0.2, -0.15) is 5.10 Å². The number of rotatable bonds is 2. The second-order valence-corrected chi connectivity index (χ2v) is 4.24. The van der Waals surface area contributed by atoms with E-state index < -0.39 is 0 Å². The van der Waals surface area contributed by atoms with Crippen LogP contribution in [-0.4, -0.2) is 14.8 Å². The maximum atomic E-state index is 5.72. The highest BCUT2D eigenvalue weighted by Gasteiger charge is 2.13. The van der Waals surface area contributed by atoms with Crippen molar-refractivity contribution >= 4 is 16.8 Å². The first-order valence-electron chi connectivity index (χ1n) is 5.86. The van der Waals surface area contributed by atoms with E-state index >= 15 is 0 Å². The second-order valence-electron chi connectivity index (χ2n) is 4.24. The normalized spacial score (nSPS) is 11.2. The van der Waals surface area contributed by atoms with Crippen LogP contribution in [0.4, 0.5) is 5.69 Å². The zero-order chi connectivity index (χ0) is 12.7. The number of nitrogens with two attached hydrogens (primary N) is 1. The number of oxazole rings is 1. The van der Waals surface area contributed by atoms with Crippen LogP contribution in [0.25, 0.3) is 22.7 Å². The first kappa shape index (κ1) is 10.8. The van der Waals surface area contributed by atoms with Gasteiger partial charge in [-0.25, -0.2) is 4.98 Å². The number of nitrogens with zero attached hydrogens (tertiary/aromatic N) is 3. The van der Waals surface area contributed by atoms with Crippen LogP contribution in [0, 0.1) is 0 Å². The Hall–Kier alpha value is -2.30. The van der Waals surface area contributed by atoms with E-state index in [1.165, 1.54) is 0 Å². The average Bonchev–Trinajstić information content (AvgIpc) is 2.91. The minimum Gasteiger partial charge on any atom is -0.435 e. The topological polar surface area (TPSA) is 69.9 Å². The molecule has 2 heterocycles. The van der Waals surface area contributed by atoms with Crippen molar-refractivity contribution in [1.29, 1.82) is 0 Å². The van der Waals surface area contributed by atoms with Crippen LogP contribution in [0.3, 0.4) is 0 Å². The molecule has 0 atom stereocenters. The van der Waals surface area contributed by atoms with Crippen molar-refractivity contribution in [2.24, 2.45) is 7.05 Å². The molecular formula is C13H14N4O. The molecule has 0 spiro atoms. The van der Waals surface area contributed by atoms with E-state index in [0.717, 1.165) is 23.3 Å². The molecule has 0 bridgehead atoms. The van der Waals surface area contributed by atoms with E-state index in [2.05, 4.69) is 17.0 Å². The van der Waals surface area contributed by atoms with Gasteiger partial charge in [-0.05, 0) is 24.6 Å². The number of aryl methyl sites for hydroxylation is 2. The van der Waals surface area contributed by atoms with Gasteiger partial charge in [0.2, 0.25) is 5.89 Å². The van der Waals surface area contributed by atoms with Crippen molar-refractivity contribution in [1.82, 2.24) is 14.8 Å². The maximum absolute atomic E-state index is 5.72. The lowest BCUT2D eigenvalue weighted by Gasteiger charge is -1.93. The highest BCUT2D eigenvalue weighted by atomic mass is 16.3. The largest absolute Gasteiger partial charge is 0.435 e. The third-order valence-electron chi connectivity index (χ3n) is 2.92. The van der Waals surface area contributed by atoms with Crippen molar-refractivity contribution in [3.8, 4) is 11.6 Å². The molecule has 5 heteroatoms. The summed E-state index contributed by atoms with van der Waals surface area (Å²) in [5, 5.41) is 4.39. The van der Waals surface area contributed by atoms with Gasteiger partial charge in [0.05, 0.1) is 5.69 Å². The van der Waals surface area contributed by atoms with Crippen LogP contribution in [-0.2, 0) is 13.5 Å². The second kappa shape index (κ2) is 3.87. The number of nitrogen functional groups attached to an aromatic ring is 1. The van der Waals surface area contributed by atoms with Crippen LogP contribution < -0.4 is 5.73 Å². The summed E-state index contributed by atoms with van der Waals surface area (Å²) in [4.78, 5) is 4.45. The van der Waals surface area contributed by atoms with E-state index in [1.54, 1.807) is 10.7 Å². The maximum Gasteiger partial charge on any atom is 0.245 e. The molecule has 0 saturated carbocycles. The van der Waals surface area contributed by atoms with Gasteiger partial charge >= 0.3 is 0 Å². The Morgan fingerprint density at radius 2 is 2.17 bits per heavy atom. The fourth-order valence-electron chi connectivity index (χ4n) is 1.95. The SMILES string of the molecule is CCc1cc(-c2nc3ccc(N)cc3o2)n(C)n1. The molecule has 0 unspecified atom stereocenters. The number of fused-ring (bicyclic) bond motifs is 1. The Kier molecular flexibility index (Phi) is 2.33. The van der Waals surface area contributed by atoms with Crippen molar-refractivity contribution < 1.29 is 4.42 Å². The van der Waals surface area contributed by atoms with Gasteiger partial charge in [0.25, 0.3) is 0 Å². The minimum absolute atomic E-state index is 0.574. The molecule has 0 fully saturated rings. The average molecular weight is 242 g/mol. The molecule has 2 N–H and O–H groups in total. The Bertz CT molecular complexity index is 711. The number of benzene rings is 1. The summed E-state index contributed by atoms with van der Waals surface area (Å²) in [5.41, 5.74) is 9.79. The fraction of sp³-hybridized carbons (Fsp3) is 0.231. The van der Waals surface area contributed by atoms with Crippen LogP contribution in [0.1, 0.15) is 12.6 Å². The highest BCUT2D eigenvalue weighted by Crippen LogP contribution is 2.25. The summed E-state index contributed by atoms with van der Waals surface area (Å²) >= 11 is 0. The van der Waals surface area contributed by atoms with E-state index in [1.807, 2.05) is 25.2 Å². The van der Waals surface area contributed by atoms with E-state index in [0.29, 0.717) is 17.2 Å². The predicted octanol–water partition coefficient (Wildman–Crippen LogP) is 2.37. The summed E-state index contributed by atoms with van der Waals surface area (Å²) in [6.07, 6.45) is 0.890. The lowest BCUT2D eigenvalue weighted by Crippen LogP contribution is -1.94. The summed E-state index contributed by atoms with van der Waals surface area (Å²) in [6.45, 7) is 2.07. The van der Waals surface area contributed by atoms with Crippen molar-refractivity contribution in [3.05, 3.63) is 30.0 Å². The van der Waals surface area contributed by atoms with E-state index in [4.69, 9.17) is 10.2 Å². The van der Waals surface area contributed by atoms with E-state index in [9.17, 15) is 0 Å². The predicted molar refractivity (Wildman–Crippen MR) is 70.0 cm³/mol. The van der Waals surface area contributed by atoms with Gasteiger partial charge in [0.15, 0.2) is 5.58 Å². The molecule has 0 aliphatic rings. The minimum atomic E-state index is 0.574. The number of hydrogen-bond acceptors (Lipinski definition) is 4. The molecule has 0 saturated heterocycles. The van der Waals surface area contributed by atoms with E-state index in [-0.39, 0.29) is 0 Å². The molecular weight excluding hydrogens is 228 g/mol. The van der Waals surface area contributed by atoms with Gasteiger partial charge in [0.1, 0.15) is 11.2 Å². The van der Waals surface area contributed by atoms with Gasteiger partial charge in [0, 0.05) is 18.8 Å². The van der Waals surface area contributed by atoms with Crippen molar-refractivity contribution in [2.45, 2.75) is 13.3 Å². The molecule has 3 rings (SSSR count). The summed E-state index contributed by atoms with van der Waals surface area (Å²) in [6, 6.07) is 7.45. The third kappa shape index (κ3) is 1.64. The number of aromatic nitrogens is 3. The molecule has 3 aromatic rings. The first-order valence-corrected chi connectivity index (χ1v) is 5.86. The Labute approximate surface area is 104 Å². The quantitative estimate of drug-likeness (QED) is 0.700. The third-order valence-corrected chi connectivity index (χ3v) is 2.92. The van der Waals surface area contributed by atoms with Gasteiger partial charge in [-0.3, -0.25) is 4.68 Å². The lowest BCUT2D eigenvalue weighted by molar-refractivity contribution is 0.606. The molecule has 2 aromatic heterocycles. The van der Waals surface area contributed by atoms with Crippen LogP contribution in [0.5, 0.6) is 0 Å². The van der Waals surface area contributed by atoms with Gasteiger partial charge in [-0.15, -0.1) is 0 Å². The van der Waals surface area contributed by atoms with Gasteiger partial charge in [-0.1, -0.05) is 6.92 Å². The summed E-state index contributed by atoms with van der Waals surface area (Å²) in [5.74, 6) is 0.574. The van der Waals surface area contributed by atoms with Crippen LogP contribution in [0.2, 0.25) is 0 Å². The summed E-state index contributed by atoms with van der Waals surface area (Å²) in [7, 11) is 1.89. The molecule has 18 heavy (non-hydrogen) atoms. The molecule has 0 radical (unpaired) electrons. The molecule has 92 valence electrons. The molecule has 0 aliphatic carbocycles. The molecule has 5 nitrogen and oxygen atoms in total. The Morgan fingerprint density at radius 3 is 2.89 bits per heavy atom. The smallest absolute Gasteiger partial charge is 0.245 e. The highest BCUT2D eigenvalue weighted by molar-refractivity contribution is 5.78. The number of hydrogen-bond donors (Lipinski definition) is 1.